The molecule has 0 aromatic heterocycles. The third-order valence-corrected chi connectivity index (χ3v) is 5.19. The molecule has 0 aliphatic carbocycles. The Bertz CT molecular complexity index is 703. The molecule has 2 atom stereocenters. The van der Waals surface area contributed by atoms with Crippen LogP contribution in [0.3, 0.4) is 0 Å². The van der Waals surface area contributed by atoms with Crippen LogP contribution in [0.15, 0.2) is 24.3 Å². The van der Waals surface area contributed by atoms with Gasteiger partial charge in [-0.05, 0) is 37.6 Å². The Hall–Kier alpha value is -2.16. The van der Waals surface area contributed by atoms with Crippen molar-refractivity contribution in [2.24, 2.45) is 0 Å². The van der Waals surface area contributed by atoms with Crippen LogP contribution in [0.5, 0.6) is 5.75 Å². The van der Waals surface area contributed by atoms with Crippen LogP contribution in [0.25, 0.3) is 0 Å². The van der Waals surface area contributed by atoms with Crippen molar-refractivity contribution in [2.45, 2.75) is 25.5 Å². The van der Waals surface area contributed by atoms with Gasteiger partial charge in [-0.25, -0.2) is 17.6 Å². The second kappa shape index (κ2) is 7.61. The Morgan fingerprint density at radius 1 is 1.33 bits per heavy atom. The molecule has 7 nitrogen and oxygen atoms in total. The van der Waals surface area contributed by atoms with Gasteiger partial charge in [-0.15, -0.1) is 0 Å². The largest absolute Gasteiger partial charge is 0.482 e. The summed E-state index contributed by atoms with van der Waals surface area (Å²) in [5, 5.41) is 2.54. The smallest absolute Gasteiger partial charge is 0.344 e. The molecular formula is C15H18FNO6S. The van der Waals surface area contributed by atoms with Gasteiger partial charge in [-0.3, -0.25) is 4.79 Å². The van der Waals surface area contributed by atoms with E-state index in [4.69, 9.17) is 9.47 Å². The van der Waals surface area contributed by atoms with Crippen molar-refractivity contribution in [1.82, 2.24) is 5.32 Å². The summed E-state index contributed by atoms with van der Waals surface area (Å²) < 4.78 is 45.4. The van der Waals surface area contributed by atoms with Gasteiger partial charge in [-0.2, -0.15) is 0 Å². The molecular weight excluding hydrogens is 341 g/mol. The molecule has 1 aromatic rings. The maximum absolute atomic E-state index is 12.7. The predicted octanol–water partition coefficient (Wildman–Crippen LogP) is 0.440. The number of amides is 1. The summed E-state index contributed by atoms with van der Waals surface area (Å²) in [5.74, 6) is -1.52. The number of sulfone groups is 1. The fourth-order valence-electron chi connectivity index (χ4n) is 2.19. The van der Waals surface area contributed by atoms with E-state index in [2.05, 4.69) is 5.32 Å². The molecule has 1 saturated heterocycles. The van der Waals surface area contributed by atoms with Crippen LogP contribution < -0.4 is 10.1 Å². The molecule has 1 aliphatic rings. The molecule has 24 heavy (non-hydrogen) atoms. The fourth-order valence-corrected chi connectivity index (χ4v) is 3.86. The first-order chi connectivity index (χ1) is 11.2. The molecule has 0 unspecified atom stereocenters. The first kappa shape index (κ1) is 18.2. The Labute approximate surface area is 139 Å². The van der Waals surface area contributed by atoms with Crippen LogP contribution >= 0.6 is 0 Å². The van der Waals surface area contributed by atoms with Gasteiger partial charge in [0.05, 0.1) is 11.5 Å². The molecule has 1 aromatic carbocycles. The molecule has 1 fully saturated rings. The van der Waals surface area contributed by atoms with Gasteiger partial charge in [0, 0.05) is 6.04 Å². The Morgan fingerprint density at radius 2 is 2.00 bits per heavy atom. The van der Waals surface area contributed by atoms with Crippen LogP contribution in [0, 0.1) is 5.82 Å². The monoisotopic (exact) mass is 359 g/mol. The zero-order valence-corrected chi connectivity index (χ0v) is 13.8. The standard InChI is InChI=1S/C15H18FNO6S/c1-10(15(19)17-12-6-7-24(20,21)9-12)23-14(18)8-22-13-4-2-11(16)3-5-13/h2-5,10,12H,6-9H2,1H3,(H,17,19)/t10-,12-/m1/s1. The number of benzene rings is 1. The number of rotatable bonds is 6. The molecule has 1 N–H and O–H groups in total. The van der Waals surface area contributed by atoms with E-state index in [1.807, 2.05) is 0 Å². The van der Waals surface area contributed by atoms with Gasteiger partial charge in [0.15, 0.2) is 22.5 Å². The van der Waals surface area contributed by atoms with E-state index in [0.717, 1.165) is 0 Å². The van der Waals surface area contributed by atoms with E-state index in [9.17, 15) is 22.4 Å². The number of carbonyl (C=O) groups is 2. The summed E-state index contributed by atoms with van der Waals surface area (Å²) in [7, 11) is -3.10. The topological polar surface area (TPSA) is 98.8 Å². The van der Waals surface area contributed by atoms with Crippen LogP contribution in [0.4, 0.5) is 4.39 Å². The van der Waals surface area contributed by atoms with Gasteiger partial charge in [0.2, 0.25) is 0 Å². The molecule has 0 spiro atoms. The molecule has 0 bridgehead atoms. The van der Waals surface area contributed by atoms with Gasteiger partial charge in [0.25, 0.3) is 5.91 Å². The minimum atomic E-state index is -3.10. The van der Waals surface area contributed by atoms with Crippen molar-refractivity contribution in [1.29, 1.82) is 0 Å². The maximum atomic E-state index is 12.7. The lowest BCUT2D eigenvalue weighted by molar-refractivity contribution is -0.156. The zero-order chi connectivity index (χ0) is 17.7. The highest BCUT2D eigenvalue weighted by molar-refractivity contribution is 7.91. The Balaban J connectivity index is 1.74. The van der Waals surface area contributed by atoms with Gasteiger partial charge in [0.1, 0.15) is 11.6 Å². The number of hydrogen-bond acceptors (Lipinski definition) is 6. The number of halogens is 1. The lowest BCUT2D eigenvalue weighted by Crippen LogP contribution is -2.43. The van der Waals surface area contributed by atoms with Crippen molar-refractivity contribution in [2.75, 3.05) is 18.1 Å². The summed E-state index contributed by atoms with van der Waals surface area (Å²) >= 11 is 0. The predicted molar refractivity (Wildman–Crippen MR) is 82.7 cm³/mol. The van der Waals surface area contributed by atoms with E-state index in [0.29, 0.717) is 12.2 Å². The van der Waals surface area contributed by atoms with E-state index in [-0.39, 0.29) is 11.5 Å². The minimum absolute atomic E-state index is 0.0393. The number of esters is 1. The number of hydrogen-bond donors (Lipinski definition) is 1. The molecule has 1 amide bonds. The molecule has 132 valence electrons. The average Bonchev–Trinajstić information content (AvgIpc) is 2.85. The number of nitrogens with one attached hydrogen (secondary N) is 1. The Morgan fingerprint density at radius 3 is 2.58 bits per heavy atom. The minimum Gasteiger partial charge on any atom is -0.482 e. The van der Waals surface area contributed by atoms with E-state index in [1.165, 1.54) is 31.2 Å². The highest BCUT2D eigenvalue weighted by Gasteiger charge is 2.30. The molecule has 2 rings (SSSR count). The van der Waals surface area contributed by atoms with Gasteiger partial charge < -0.3 is 14.8 Å². The van der Waals surface area contributed by atoms with Crippen molar-refractivity contribution >= 4 is 21.7 Å². The van der Waals surface area contributed by atoms with E-state index >= 15 is 0 Å². The Kier molecular flexibility index (Phi) is 5.76. The van der Waals surface area contributed by atoms with Crippen LogP contribution in [0.1, 0.15) is 13.3 Å². The molecule has 9 heteroatoms. The lowest BCUT2D eigenvalue weighted by atomic mass is 10.2. The van der Waals surface area contributed by atoms with Gasteiger partial charge >= 0.3 is 5.97 Å². The van der Waals surface area contributed by atoms with Crippen molar-refractivity contribution < 1.29 is 31.9 Å². The van der Waals surface area contributed by atoms with Crippen molar-refractivity contribution in [3.8, 4) is 5.75 Å². The zero-order valence-electron chi connectivity index (χ0n) is 13.0. The quantitative estimate of drug-likeness (QED) is 0.740. The highest BCUT2D eigenvalue weighted by atomic mass is 32.2. The van der Waals surface area contributed by atoms with Gasteiger partial charge in [-0.1, -0.05) is 0 Å². The van der Waals surface area contributed by atoms with Crippen molar-refractivity contribution in [3.63, 3.8) is 0 Å². The molecule has 0 radical (unpaired) electrons. The SMILES string of the molecule is C[C@@H](OC(=O)COc1ccc(F)cc1)C(=O)N[C@@H]1CCS(=O)(=O)C1. The third kappa shape index (κ3) is 5.48. The summed E-state index contributed by atoms with van der Waals surface area (Å²) in [6, 6.07) is 4.64. The van der Waals surface area contributed by atoms with Crippen LogP contribution in [0.2, 0.25) is 0 Å². The van der Waals surface area contributed by atoms with Crippen LogP contribution in [-0.4, -0.2) is 50.6 Å². The summed E-state index contributed by atoms with van der Waals surface area (Å²) in [6.45, 7) is 0.954. The van der Waals surface area contributed by atoms with E-state index in [1.54, 1.807) is 0 Å². The van der Waals surface area contributed by atoms with Crippen LogP contribution in [-0.2, 0) is 24.2 Å². The molecule has 1 aliphatic heterocycles. The second-order valence-electron chi connectivity index (χ2n) is 5.48. The summed E-state index contributed by atoms with van der Waals surface area (Å²) in [6.07, 6.45) is -0.722. The summed E-state index contributed by atoms with van der Waals surface area (Å²) in [5.41, 5.74) is 0. The fraction of sp³-hybridized carbons (Fsp3) is 0.467. The normalized spacial score (nSPS) is 20.2. The lowest BCUT2D eigenvalue weighted by Gasteiger charge is -2.16. The highest BCUT2D eigenvalue weighted by Crippen LogP contribution is 2.12. The average molecular weight is 359 g/mol. The first-order valence-corrected chi connectivity index (χ1v) is 9.16. The maximum Gasteiger partial charge on any atom is 0.344 e. The van der Waals surface area contributed by atoms with Crippen molar-refractivity contribution in [3.05, 3.63) is 30.1 Å². The first-order valence-electron chi connectivity index (χ1n) is 7.34. The second-order valence-corrected chi connectivity index (χ2v) is 7.71. The number of carbonyl (C=O) groups excluding carboxylic acids is 2. The number of ether oxygens (including phenoxy) is 2. The molecule has 0 saturated carbocycles. The third-order valence-electron chi connectivity index (χ3n) is 3.43. The molecule has 1 heterocycles. The van der Waals surface area contributed by atoms with E-state index < -0.39 is 46.3 Å². The summed E-state index contributed by atoms with van der Waals surface area (Å²) in [4.78, 5) is 23.5.